The summed E-state index contributed by atoms with van der Waals surface area (Å²) in [5, 5.41) is 17.0. The van der Waals surface area contributed by atoms with Gasteiger partial charge in [0.25, 0.3) is 5.91 Å². The van der Waals surface area contributed by atoms with Gasteiger partial charge in [-0.3, -0.25) is 24.5 Å². The van der Waals surface area contributed by atoms with Gasteiger partial charge in [-0.2, -0.15) is 13.2 Å². The van der Waals surface area contributed by atoms with Gasteiger partial charge in [-0.15, -0.1) is 23.1 Å². The molecule has 16 heteroatoms. The van der Waals surface area contributed by atoms with Crippen molar-refractivity contribution in [2.24, 2.45) is 10.6 Å². The number of amides is 3. The number of oxime groups is 1. The van der Waals surface area contributed by atoms with Crippen molar-refractivity contribution in [2.45, 2.75) is 36.7 Å². The zero-order valence-electron chi connectivity index (χ0n) is 17.3. The number of carbonyl (C=O) groups excluding carboxylic acids is 3. The molecule has 0 spiro atoms. The van der Waals surface area contributed by atoms with Crippen LogP contribution in [-0.2, 0) is 24.0 Å². The number of nitrogens with one attached hydrogen (secondary N) is 2. The van der Waals surface area contributed by atoms with Gasteiger partial charge < -0.3 is 20.2 Å². The molecule has 0 aliphatic carbocycles. The molecule has 0 aromatic carbocycles. The third-order valence-electron chi connectivity index (χ3n) is 5.28. The van der Waals surface area contributed by atoms with Crippen LogP contribution >= 0.6 is 23.1 Å². The highest BCUT2D eigenvalue weighted by molar-refractivity contribution is 8.00. The molecule has 2 aliphatic heterocycles. The van der Waals surface area contributed by atoms with Gasteiger partial charge in [0.2, 0.25) is 5.91 Å². The summed E-state index contributed by atoms with van der Waals surface area (Å²) in [7, 11) is 1.13. The molecule has 2 saturated heterocycles. The normalized spacial score (nSPS) is 27.3. The van der Waals surface area contributed by atoms with Crippen molar-refractivity contribution in [1.82, 2.24) is 15.2 Å². The number of alkyl halides is 3. The van der Waals surface area contributed by atoms with Crippen LogP contribution in [-0.4, -0.2) is 80.9 Å². The molecule has 0 saturated carbocycles. The van der Waals surface area contributed by atoms with Crippen LogP contribution in [0.25, 0.3) is 0 Å². The lowest BCUT2D eigenvalue weighted by Crippen LogP contribution is -2.74. The number of aliphatic carboxylic acids is 1. The number of halogens is 3. The van der Waals surface area contributed by atoms with Gasteiger partial charge in [0, 0.05) is 17.2 Å². The van der Waals surface area contributed by atoms with E-state index >= 15 is 0 Å². The number of carbonyl (C=O) groups is 4. The summed E-state index contributed by atoms with van der Waals surface area (Å²) in [4.78, 5) is 57.7. The van der Waals surface area contributed by atoms with Crippen LogP contribution in [0, 0.1) is 5.41 Å². The van der Waals surface area contributed by atoms with Gasteiger partial charge in [0.1, 0.15) is 24.2 Å². The molecule has 2 fully saturated rings. The second-order valence-electron chi connectivity index (χ2n) is 7.42. The molecular formula is C17H18F3N5O6S2. The van der Waals surface area contributed by atoms with Crippen LogP contribution in [0.2, 0.25) is 0 Å². The van der Waals surface area contributed by atoms with Crippen molar-refractivity contribution in [1.29, 1.82) is 0 Å². The van der Waals surface area contributed by atoms with E-state index < -0.39 is 57.5 Å². The SMILES string of the molecule is CON=C(C(=O)NC1C(=O)N2CC(C)(C(=O)O)C(C)S[C@H]12)c1csc(NC(=O)C(F)(F)F)n1. The lowest BCUT2D eigenvalue weighted by molar-refractivity contribution is -0.167. The number of anilines is 1. The molecule has 1 aromatic heterocycles. The molecule has 1 aromatic rings. The van der Waals surface area contributed by atoms with Crippen molar-refractivity contribution < 1.29 is 42.3 Å². The van der Waals surface area contributed by atoms with Gasteiger partial charge in [-0.25, -0.2) is 4.98 Å². The number of fused-ring (bicyclic) bond motifs is 1. The fraction of sp³-hybridized carbons (Fsp3) is 0.529. The maximum absolute atomic E-state index is 12.8. The standard InChI is InChI=1S/C17H18F3N5O6S2/c1-6-16(2,14(29)30)5-25-11(27)9(12(25)33-6)22-10(26)8(24-31-3)7-4-32-15(21-7)23-13(28)17(18,19)20/h4,6,9,12H,5H2,1-3H3,(H,22,26)(H,29,30)(H,21,23,28)/t6?,9?,12-,16?/m1/s1. The minimum absolute atomic E-state index is 0.0141. The topological polar surface area (TPSA) is 150 Å². The number of aromatic nitrogens is 1. The molecule has 4 atom stereocenters. The van der Waals surface area contributed by atoms with E-state index in [1.165, 1.54) is 22.0 Å². The van der Waals surface area contributed by atoms with Gasteiger partial charge in [-0.05, 0) is 6.92 Å². The summed E-state index contributed by atoms with van der Waals surface area (Å²) in [6, 6.07) is -0.964. The number of thiazole rings is 1. The number of carboxylic acid groups (broad SMARTS) is 1. The first-order chi connectivity index (χ1) is 15.3. The molecular weight excluding hydrogens is 491 g/mol. The smallest absolute Gasteiger partial charge is 0.471 e. The maximum atomic E-state index is 12.8. The first-order valence-electron chi connectivity index (χ1n) is 9.25. The predicted octanol–water partition coefficient (Wildman–Crippen LogP) is 0.874. The zero-order chi connectivity index (χ0) is 24.7. The number of thioether (sulfide) groups is 1. The highest BCUT2D eigenvalue weighted by atomic mass is 32.2. The van der Waals surface area contributed by atoms with E-state index in [0.717, 1.165) is 7.11 Å². The second kappa shape index (κ2) is 8.81. The van der Waals surface area contributed by atoms with E-state index in [2.05, 4.69) is 20.3 Å². The van der Waals surface area contributed by atoms with Crippen molar-refractivity contribution in [3.8, 4) is 0 Å². The van der Waals surface area contributed by atoms with Crippen LogP contribution in [0.1, 0.15) is 19.5 Å². The second-order valence-corrected chi connectivity index (χ2v) is 9.74. The number of rotatable bonds is 6. The van der Waals surface area contributed by atoms with E-state index in [4.69, 9.17) is 0 Å². The van der Waals surface area contributed by atoms with Gasteiger partial charge in [0.05, 0.1) is 5.41 Å². The van der Waals surface area contributed by atoms with Crippen LogP contribution in [0.4, 0.5) is 18.3 Å². The van der Waals surface area contributed by atoms with Gasteiger partial charge in [0.15, 0.2) is 10.8 Å². The Balaban J connectivity index is 1.71. The Bertz CT molecular complexity index is 1030. The lowest BCUT2D eigenvalue weighted by Gasteiger charge is -2.55. The summed E-state index contributed by atoms with van der Waals surface area (Å²) >= 11 is 1.86. The minimum atomic E-state index is -5.12. The Labute approximate surface area is 192 Å². The van der Waals surface area contributed by atoms with Crippen LogP contribution in [0.15, 0.2) is 10.5 Å². The largest absolute Gasteiger partial charge is 0.481 e. The summed E-state index contributed by atoms with van der Waals surface area (Å²) in [6.45, 7) is 3.25. The lowest BCUT2D eigenvalue weighted by atomic mass is 9.84. The molecule has 3 amide bonds. The molecule has 3 heterocycles. The molecule has 0 bridgehead atoms. The monoisotopic (exact) mass is 509 g/mol. The first kappa shape index (κ1) is 24.8. The summed E-state index contributed by atoms with van der Waals surface area (Å²) < 4.78 is 37.3. The third-order valence-corrected chi connectivity index (χ3v) is 7.77. The molecule has 2 aliphatic rings. The van der Waals surface area contributed by atoms with Crippen LogP contribution < -0.4 is 10.6 Å². The van der Waals surface area contributed by atoms with E-state index in [9.17, 15) is 37.5 Å². The number of hydrogen-bond donors (Lipinski definition) is 3. The first-order valence-corrected chi connectivity index (χ1v) is 11.1. The van der Waals surface area contributed by atoms with Crippen molar-refractivity contribution in [3.63, 3.8) is 0 Å². The van der Waals surface area contributed by atoms with Crippen molar-refractivity contribution >= 4 is 57.6 Å². The van der Waals surface area contributed by atoms with E-state index in [1.54, 1.807) is 19.2 Å². The highest BCUT2D eigenvalue weighted by Crippen LogP contribution is 2.46. The Morgan fingerprint density at radius 3 is 2.64 bits per heavy atom. The molecule has 11 nitrogen and oxygen atoms in total. The Kier molecular flexibility index (Phi) is 6.61. The highest BCUT2D eigenvalue weighted by Gasteiger charge is 2.58. The molecule has 3 rings (SSSR count). The minimum Gasteiger partial charge on any atom is -0.481 e. The van der Waals surface area contributed by atoms with Gasteiger partial charge in [-0.1, -0.05) is 12.1 Å². The third kappa shape index (κ3) is 4.62. The maximum Gasteiger partial charge on any atom is 0.471 e. The molecule has 180 valence electrons. The Morgan fingerprint density at radius 1 is 1.39 bits per heavy atom. The molecule has 3 unspecified atom stereocenters. The number of β-lactam (4-membered cyclic amide) rings is 1. The fourth-order valence-corrected chi connectivity index (χ4v) is 5.42. The fourth-order valence-electron chi connectivity index (χ4n) is 3.17. The van der Waals surface area contributed by atoms with E-state index in [-0.39, 0.29) is 17.5 Å². The van der Waals surface area contributed by atoms with E-state index in [1.807, 2.05) is 0 Å². The number of nitrogens with zero attached hydrogens (tertiary/aromatic N) is 3. The van der Waals surface area contributed by atoms with Crippen molar-refractivity contribution in [3.05, 3.63) is 11.1 Å². The summed E-state index contributed by atoms with van der Waals surface area (Å²) in [6.07, 6.45) is -5.12. The predicted molar refractivity (Wildman–Crippen MR) is 111 cm³/mol. The molecule has 0 radical (unpaired) electrons. The Hall–Kier alpha value is -2.88. The number of hydrogen-bond acceptors (Lipinski definition) is 9. The molecule has 3 N–H and O–H groups in total. The summed E-state index contributed by atoms with van der Waals surface area (Å²) in [5.74, 6) is -4.62. The van der Waals surface area contributed by atoms with E-state index in [0.29, 0.717) is 11.3 Å². The quantitative estimate of drug-likeness (QED) is 0.291. The Morgan fingerprint density at radius 2 is 2.06 bits per heavy atom. The average Bonchev–Trinajstić information content (AvgIpc) is 3.19. The van der Waals surface area contributed by atoms with Gasteiger partial charge >= 0.3 is 18.1 Å². The average molecular weight is 509 g/mol. The zero-order valence-corrected chi connectivity index (χ0v) is 18.9. The molecule has 33 heavy (non-hydrogen) atoms. The van der Waals surface area contributed by atoms with Crippen LogP contribution in [0.3, 0.4) is 0 Å². The number of carboxylic acids is 1. The van der Waals surface area contributed by atoms with Crippen molar-refractivity contribution in [2.75, 3.05) is 19.0 Å². The van der Waals surface area contributed by atoms with Crippen LogP contribution in [0.5, 0.6) is 0 Å². The summed E-state index contributed by atoms with van der Waals surface area (Å²) in [5.41, 5.74) is -1.74.